The van der Waals surface area contributed by atoms with Crippen LogP contribution in [0.2, 0.25) is 10.3 Å². The zero-order chi connectivity index (χ0) is 10.2. The number of nitrogens with one attached hydrogen (secondary N) is 1. The van der Waals surface area contributed by atoms with Crippen LogP contribution in [0.5, 0.6) is 0 Å². The Hall–Kier alpha value is 1.33. The van der Waals surface area contributed by atoms with Crippen LogP contribution in [0.3, 0.4) is 0 Å². The molecule has 1 rings (SSSR count). The van der Waals surface area contributed by atoms with Gasteiger partial charge in [0.25, 0.3) is 0 Å². The number of aromatic amines is 1. The highest BCUT2D eigenvalue weighted by Gasteiger charge is 2.37. The third kappa shape index (κ3) is 2.67. The molecule has 2 unspecified atom stereocenters. The molecule has 8 heteroatoms. The van der Waals surface area contributed by atoms with Gasteiger partial charge in [0.1, 0.15) is 15.3 Å². The molecule has 0 aliphatic rings. The largest absolute Gasteiger partial charge is 0.329 e. The lowest BCUT2D eigenvalue weighted by Crippen LogP contribution is -2.19. The first-order chi connectivity index (χ1) is 5.85. The smallest absolute Gasteiger partial charge is 0.182 e. The molecule has 2 nitrogen and oxygen atoms in total. The molecule has 0 saturated heterocycles. The summed E-state index contributed by atoms with van der Waals surface area (Å²) in [6, 6.07) is 0. The van der Waals surface area contributed by atoms with Gasteiger partial charge in [0.2, 0.25) is 0 Å². The number of hydrogen-bond acceptors (Lipinski definition) is 1. The molecular weight excluding hydrogens is 390 g/mol. The molecule has 0 spiro atoms. The first-order valence-electron chi connectivity index (χ1n) is 2.93. The van der Waals surface area contributed by atoms with Crippen LogP contribution in [0, 0.1) is 0 Å². The molecule has 1 aromatic heterocycles. The first-order valence-corrected chi connectivity index (χ1v) is 6.21. The summed E-state index contributed by atoms with van der Waals surface area (Å²) in [5, 5.41) is 0.386. The standard InChI is InChI=1S/C5H2Br2Cl4N2/c6-3(10)5(7,11)4-12-1(8)2(9)13-4/h3H,(H,12,13). The van der Waals surface area contributed by atoms with Crippen LogP contribution in [0.25, 0.3) is 0 Å². The van der Waals surface area contributed by atoms with Gasteiger partial charge < -0.3 is 4.98 Å². The molecule has 1 aromatic rings. The van der Waals surface area contributed by atoms with E-state index in [9.17, 15) is 0 Å². The average Bonchev–Trinajstić information content (AvgIpc) is 2.32. The highest BCUT2D eigenvalue weighted by molar-refractivity contribution is 9.13. The van der Waals surface area contributed by atoms with Crippen LogP contribution in [0.1, 0.15) is 5.82 Å². The molecule has 1 N–H and O–H groups in total. The van der Waals surface area contributed by atoms with Gasteiger partial charge in [0.05, 0.1) is 0 Å². The number of rotatable bonds is 2. The van der Waals surface area contributed by atoms with Gasteiger partial charge in [0, 0.05) is 0 Å². The molecule has 0 saturated carbocycles. The quantitative estimate of drug-likeness (QED) is 0.741. The maximum atomic E-state index is 6.01. The predicted octanol–water partition coefficient (Wildman–Crippen LogP) is 4.46. The lowest BCUT2D eigenvalue weighted by Gasteiger charge is -2.17. The molecule has 0 radical (unpaired) electrons. The van der Waals surface area contributed by atoms with E-state index in [4.69, 9.17) is 46.4 Å². The summed E-state index contributed by atoms with van der Waals surface area (Å²) in [6.45, 7) is 0. The molecule has 0 amide bonds. The number of aromatic nitrogens is 2. The summed E-state index contributed by atoms with van der Waals surface area (Å²) in [5.74, 6) is 0.348. The summed E-state index contributed by atoms with van der Waals surface area (Å²) in [7, 11) is 0. The van der Waals surface area contributed by atoms with Gasteiger partial charge in [-0.15, -0.1) is 11.6 Å². The number of nitrogens with zero attached hydrogens (tertiary/aromatic N) is 1. The van der Waals surface area contributed by atoms with Gasteiger partial charge in [-0.05, 0) is 0 Å². The lowest BCUT2D eigenvalue weighted by molar-refractivity contribution is 0.889. The zero-order valence-electron chi connectivity index (χ0n) is 5.79. The lowest BCUT2D eigenvalue weighted by atomic mass is 10.4. The van der Waals surface area contributed by atoms with Crippen molar-refractivity contribution >= 4 is 78.3 Å². The van der Waals surface area contributed by atoms with E-state index in [-0.39, 0.29) is 10.3 Å². The third-order valence-corrected chi connectivity index (χ3v) is 5.35. The van der Waals surface area contributed by atoms with Crippen LogP contribution in [-0.2, 0) is 3.78 Å². The van der Waals surface area contributed by atoms with E-state index in [2.05, 4.69) is 41.8 Å². The molecule has 0 aliphatic heterocycles. The number of hydrogen-bond donors (Lipinski definition) is 1. The second-order valence-corrected chi connectivity index (χ2v) is 7.03. The summed E-state index contributed by atoms with van der Waals surface area (Å²) >= 11 is 29.3. The van der Waals surface area contributed by atoms with Gasteiger partial charge in [-0.3, -0.25) is 0 Å². The molecule has 0 aromatic carbocycles. The van der Waals surface area contributed by atoms with Crippen LogP contribution in [-0.4, -0.2) is 14.3 Å². The second kappa shape index (κ2) is 4.45. The van der Waals surface area contributed by atoms with E-state index >= 15 is 0 Å². The minimum absolute atomic E-state index is 0.158. The number of imidazole rings is 1. The van der Waals surface area contributed by atoms with Gasteiger partial charge in [0.15, 0.2) is 8.94 Å². The van der Waals surface area contributed by atoms with Gasteiger partial charge in [-0.25, -0.2) is 4.98 Å². The number of alkyl halides is 4. The van der Waals surface area contributed by atoms with Crippen molar-refractivity contribution in [3.05, 3.63) is 16.1 Å². The monoisotopic (exact) mass is 388 g/mol. The topological polar surface area (TPSA) is 28.7 Å². The maximum Gasteiger partial charge on any atom is 0.182 e. The van der Waals surface area contributed by atoms with E-state index in [1.54, 1.807) is 0 Å². The Labute approximate surface area is 112 Å². The fraction of sp³-hybridized carbons (Fsp3) is 0.400. The molecule has 2 atom stereocenters. The highest BCUT2D eigenvalue weighted by atomic mass is 79.9. The van der Waals surface area contributed by atoms with Crippen molar-refractivity contribution in [2.24, 2.45) is 0 Å². The third-order valence-electron chi connectivity index (χ3n) is 1.21. The van der Waals surface area contributed by atoms with Crippen molar-refractivity contribution in [3.8, 4) is 0 Å². The summed E-state index contributed by atoms with van der Waals surface area (Å²) in [5.41, 5.74) is 0. The van der Waals surface area contributed by atoms with Gasteiger partial charge >= 0.3 is 0 Å². The molecule has 13 heavy (non-hydrogen) atoms. The summed E-state index contributed by atoms with van der Waals surface area (Å²) in [6.07, 6.45) is 0. The first kappa shape index (κ1) is 12.4. The molecule has 0 fully saturated rings. The Morgan fingerprint density at radius 2 is 2.00 bits per heavy atom. The number of H-pyrrole nitrogens is 1. The minimum Gasteiger partial charge on any atom is -0.329 e. The highest BCUT2D eigenvalue weighted by Crippen LogP contribution is 2.44. The Morgan fingerprint density at radius 1 is 1.46 bits per heavy atom. The minimum atomic E-state index is -1.06. The SMILES string of the molecule is Clc1nc(C(Cl)(Br)C(Cl)Br)[nH]c1Cl. The van der Waals surface area contributed by atoms with Crippen molar-refractivity contribution < 1.29 is 0 Å². The van der Waals surface area contributed by atoms with Crippen molar-refractivity contribution in [3.63, 3.8) is 0 Å². The Bertz CT molecular complexity index is 292. The van der Waals surface area contributed by atoms with E-state index in [1.807, 2.05) is 0 Å². The Morgan fingerprint density at radius 3 is 2.31 bits per heavy atom. The molecular formula is C5H2Br2Cl4N2. The van der Waals surface area contributed by atoms with Crippen molar-refractivity contribution in [2.45, 2.75) is 8.07 Å². The van der Waals surface area contributed by atoms with Crippen LogP contribution >= 0.6 is 78.3 Å². The fourth-order valence-electron chi connectivity index (χ4n) is 0.592. The van der Waals surface area contributed by atoms with Gasteiger partial charge in [-0.1, -0.05) is 66.7 Å². The van der Waals surface area contributed by atoms with E-state index in [1.165, 1.54) is 0 Å². The number of halogens is 6. The second-order valence-electron chi connectivity index (χ2n) is 2.11. The van der Waals surface area contributed by atoms with Crippen molar-refractivity contribution in [1.29, 1.82) is 0 Å². The zero-order valence-corrected chi connectivity index (χ0v) is 12.0. The summed E-state index contributed by atoms with van der Waals surface area (Å²) in [4.78, 5) is 6.58. The van der Waals surface area contributed by atoms with Crippen LogP contribution < -0.4 is 0 Å². The van der Waals surface area contributed by atoms with Crippen LogP contribution in [0.15, 0.2) is 0 Å². The molecule has 74 valence electrons. The molecule has 1 heterocycles. The van der Waals surface area contributed by atoms with Crippen molar-refractivity contribution in [1.82, 2.24) is 9.97 Å². The molecule has 0 bridgehead atoms. The van der Waals surface area contributed by atoms with E-state index < -0.39 is 8.07 Å². The van der Waals surface area contributed by atoms with Crippen LogP contribution in [0.4, 0.5) is 0 Å². The predicted molar refractivity (Wildman–Crippen MR) is 63.6 cm³/mol. The fourth-order valence-corrected chi connectivity index (χ4v) is 1.45. The summed E-state index contributed by atoms with van der Waals surface area (Å²) < 4.78 is -1.62. The normalized spacial score (nSPS) is 18.3. The molecule has 0 aliphatic carbocycles. The Kier molecular flexibility index (Phi) is 4.25. The van der Waals surface area contributed by atoms with Gasteiger partial charge in [-0.2, -0.15) is 0 Å². The average molecular weight is 392 g/mol. The maximum absolute atomic E-state index is 6.01. The van der Waals surface area contributed by atoms with Crippen molar-refractivity contribution in [2.75, 3.05) is 0 Å². The van der Waals surface area contributed by atoms with E-state index in [0.717, 1.165) is 0 Å². The Balaban J connectivity index is 3.07. The van der Waals surface area contributed by atoms with E-state index in [0.29, 0.717) is 5.82 Å².